The molecule has 2 aromatic carbocycles. The Bertz CT molecular complexity index is 621. The van der Waals surface area contributed by atoms with Gasteiger partial charge in [0.15, 0.2) is 0 Å². The minimum absolute atomic E-state index is 0.109. The van der Waals surface area contributed by atoms with Crippen LogP contribution in [0.1, 0.15) is 16.7 Å². The lowest BCUT2D eigenvalue weighted by molar-refractivity contribution is 0.545. The second kappa shape index (κ2) is 7.38. The van der Waals surface area contributed by atoms with Gasteiger partial charge in [-0.2, -0.15) is 0 Å². The first kappa shape index (κ1) is 17.2. The lowest BCUT2D eigenvalue weighted by atomic mass is 9.78. The molecule has 0 aliphatic rings. The average Bonchev–Trinajstić information content (AvgIpc) is 2.48. The van der Waals surface area contributed by atoms with Crippen molar-refractivity contribution in [2.24, 2.45) is 0 Å². The summed E-state index contributed by atoms with van der Waals surface area (Å²) < 4.78 is 14.5. The first-order valence-corrected chi connectivity index (χ1v) is 9.67. The molecule has 2 aromatic rings. The summed E-state index contributed by atoms with van der Waals surface area (Å²) in [4.78, 5) is 0. The van der Waals surface area contributed by atoms with Gasteiger partial charge in [0.2, 0.25) is 0 Å². The minimum atomic E-state index is -0.199. The molecule has 0 aliphatic heterocycles. The van der Waals surface area contributed by atoms with Crippen LogP contribution in [0.4, 0.5) is 4.39 Å². The summed E-state index contributed by atoms with van der Waals surface area (Å²) in [5, 5.41) is 1.61. The summed E-state index contributed by atoms with van der Waals surface area (Å²) in [5.41, 5.74) is 3.36. The highest BCUT2D eigenvalue weighted by Crippen LogP contribution is 2.35. The molecular weight excluding hydrogens is 463 g/mol. The molecule has 0 N–H and O–H groups in total. The van der Waals surface area contributed by atoms with E-state index in [1.165, 1.54) is 17.2 Å². The zero-order chi connectivity index (χ0) is 15.5. The van der Waals surface area contributed by atoms with Crippen LogP contribution in [0, 0.1) is 12.7 Å². The van der Waals surface area contributed by atoms with Crippen molar-refractivity contribution >= 4 is 47.8 Å². The fraction of sp³-hybridized carbons (Fsp3) is 0.294. The van der Waals surface area contributed by atoms with Gasteiger partial charge in [-0.15, -0.1) is 0 Å². The Morgan fingerprint density at radius 1 is 1.05 bits per heavy atom. The number of aryl methyl sites for hydroxylation is 1. The van der Waals surface area contributed by atoms with E-state index in [-0.39, 0.29) is 11.2 Å². The Labute approximate surface area is 150 Å². The maximum absolute atomic E-state index is 13.6. The van der Waals surface area contributed by atoms with Gasteiger partial charge in [-0.05, 0) is 42.7 Å². The Balaban J connectivity index is 2.45. The Morgan fingerprint density at radius 3 is 2.38 bits per heavy atom. The molecule has 0 saturated carbocycles. The maximum atomic E-state index is 13.6. The van der Waals surface area contributed by atoms with Crippen LogP contribution in [0.25, 0.3) is 0 Å². The molecule has 4 heteroatoms. The van der Waals surface area contributed by atoms with Gasteiger partial charge in [-0.3, -0.25) is 0 Å². The predicted octanol–water partition coefficient (Wildman–Crippen LogP) is 6.17. The standard InChI is InChI=1S/C17H16Br3F/c1-12-3-2-4-14(7-12)17(10-18,11-19)9-13-8-15(21)5-6-16(13)20/h2-8H,9-11H2,1H3. The molecule has 21 heavy (non-hydrogen) atoms. The number of hydrogen-bond donors (Lipinski definition) is 0. The van der Waals surface area contributed by atoms with Gasteiger partial charge in [0, 0.05) is 20.5 Å². The summed E-state index contributed by atoms with van der Waals surface area (Å²) in [6.45, 7) is 2.09. The number of alkyl halides is 2. The van der Waals surface area contributed by atoms with E-state index in [9.17, 15) is 4.39 Å². The van der Waals surface area contributed by atoms with Crippen LogP contribution in [-0.2, 0) is 11.8 Å². The number of halogens is 4. The van der Waals surface area contributed by atoms with Crippen LogP contribution in [0.5, 0.6) is 0 Å². The van der Waals surface area contributed by atoms with E-state index < -0.39 is 0 Å². The molecule has 0 nitrogen and oxygen atoms in total. The van der Waals surface area contributed by atoms with Crippen molar-refractivity contribution in [2.45, 2.75) is 18.8 Å². The summed E-state index contributed by atoms with van der Waals surface area (Å²) >= 11 is 10.8. The molecule has 0 atom stereocenters. The van der Waals surface area contributed by atoms with Crippen LogP contribution in [0.15, 0.2) is 46.9 Å². The number of rotatable bonds is 5. The van der Waals surface area contributed by atoms with Crippen LogP contribution >= 0.6 is 47.8 Å². The monoisotopic (exact) mass is 476 g/mol. The van der Waals surface area contributed by atoms with Crippen LogP contribution in [0.2, 0.25) is 0 Å². The molecule has 0 heterocycles. The zero-order valence-corrected chi connectivity index (χ0v) is 16.4. The van der Waals surface area contributed by atoms with Gasteiger partial charge < -0.3 is 0 Å². The van der Waals surface area contributed by atoms with Gasteiger partial charge in [-0.25, -0.2) is 4.39 Å². The average molecular weight is 479 g/mol. The normalized spacial score (nSPS) is 11.7. The smallest absolute Gasteiger partial charge is 0.123 e. The lowest BCUT2D eigenvalue weighted by Gasteiger charge is -2.31. The van der Waals surface area contributed by atoms with E-state index in [1.807, 2.05) is 0 Å². The SMILES string of the molecule is Cc1cccc(C(CBr)(CBr)Cc2cc(F)ccc2Br)c1. The van der Waals surface area contributed by atoms with Crippen molar-refractivity contribution in [2.75, 3.05) is 10.7 Å². The van der Waals surface area contributed by atoms with Gasteiger partial charge in [0.05, 0.1) is 0 Å². The first-order valence-electron chi connectivity index (χ1n) is 6.64. The van der Waals surface area contributed by atoms with Crippen molar-refractivity contribution in [1.29, 1.82) is 0 Å². The highest BCUT2D eigenvalue weighted by Gasteiger charge is 2.31. The van der Waals surface area contributed by atoms with E-state index in [0.717, 1.165) is 27.1 Å². The van der Waals surface area contributed by atoms with E-state index in [1.54, 1.807) is 12.1 Å². The molecule has 2 rings (SSSR count). The quantitative estimate of drug-likeness (QED) is 0.451. The van der Waals surface area contributed by atoms with Crippen LogP contribution in [-0.4, -0.2) is 10.7 Å². The van der Waals surface area contributed by atoms with Gasteiger partial charge in [-0.1, -0.05) is 77.6 Å². The third-order valence-electron chi connectivity index (χ3n) is 3.68. The molecule has 0 radical (unpaired) electrons. The molecule has 0 fully saturated rings. The van der Waals surface area contributed by atoms with E-state index >= 15 is 0 Å². The Morgan fingerprint density at radius 2 is 1.76 bits per heavy atom. The van der Waals surface area contributed by atoms with Crippen molar-refractivity contribution in [1.82, 2.24) is 0 Å². The van der Waals surface area contributed by atoms with Gasteiger partial charge >= 0.3 is 0 Å². The predicted molar refractivity (Wildman–Crippen MR) is 98.2 cm³/mol. The molecule has 0 aliphatic carbocycles. The van der Waals surface area contributed by atoms with Crippen molar-refractivity contribution in [3.8, 4) is 0 Å². The first-order chi connectivity index (χ1) is 10.0. The summed E-state index contributed by atoms with van der Waals surface area (Å²) in [6, 6.07) is 13.4. The summed E-state index contributed by atoms with van der Waals surface area (Å²) in [5.74, 6) is -0.199. The second-order valence-corrected chi connectivity index (χ2v) is 7.31. The van der Waals surface area contributed by atoms with Crippen molar-refractivity contribution < 1.29 is 4.39 Å². The molecule has 0 amide bonds. The van der Waals surface area contributed by atoms with E-state index in [4.69, 9.17) is 0 Å². The van der Waals surface area contributed by atoms with Crippen LogP contribution in [0.3, 0.4) is 0 Å². The number of hydrogen-bond acceptors (Lipinski definition) is 0. The van der Waals surface area contributed by atoms with Crippen LogP contribution < -0.4 is 0 Å². The minimum Gasteiger partial charge on any atom is -0.207 e. The second-order valence-electron chi connectivity index (χ2n) is 5.33. The molecule has 0 saturated heterocycles. The third-order valence-corrected chi connectivity index (χ3v) is 6.60. The van der Waals surface area contributed by atoms with E-state index in [2.05, 4.69) is 79.0 Å². The third kappa shape index (κ3) is 3.96. The highest BCUT2D eigenvalue weighted by molar-refractivity contribution is 9.10. The molecule has 112 valence electrons. The highest BCUT2D eigenvalue weighted by atomic mass is 79.9. The summed E-state index contributed by atoms with van der Waals surface area (Å²) in [6.07, 6.45) is 0.755. The Kier molecular flexibility index (Phi) is 6.04. The fourth-order valence-corrected chi connectivity index (χ4v) is 4.76. The summed E-state index contributed by atoms with van der Waals surface area (Å²) in [7, 11) is 0. The largest absolute Gasteiger partial charge is 0.207 e. The molecule has 0 bridgehead atoms. The zero-order valence-electron chi connectivity index (χ0n) is 11.7. The maximum Gasteiger partial charge on any atom is 0.123 e. The number of benzene rings is 2. The fourth-order valence-electron chi connectivity index (χ4n) is 2.40. The molecule has 0 unspecified atom stereocenters. The Hall–Kier alpha value is -0.190. The lowest BCUT2D eigenvalue weighted by Crippen LogP contribution is -2.33. The van der Waals surface area contributed by atoms with Gasteiger partial charge in [0.25, 0.3) is 0 Å². The van der Waals surface area contributed by atoms with Crippen molar-refractivity contribution in [3.63, 3.8) is 0 Å². The molecule has 0 aromatic heterocycles. The molecule has 0 spiro atoms. The topological polar surface area (TPSA) is 0 Å². The molecular formula is C17H16Br3F. The van der Waals surface area contributed by atoms with Crippen molar-refractivity contribution in [3.05, 3.63) is 69.4 Å². The van der Waals surface area contributed by atoms with Gasteiger partial charge in [0.1, 0.15) is 5.82 Å². The van der Waals surface area contributed by atoms with E-state index in [0.29, 0.717) is 0 Å².